The van der Waals surface area contributed by atoms with E-state index in [0.717, 1.165) is 27.4 Å². The highest BCUT2D eigenvalue weighted by molar-refractivity contribution is 7.98. The molecule has 0 radical (unpaired) electrons. The monoisotopic (exact) mass is 293 g/mol. The summed E-state index contributed by atoms with van der Waals surface area (Å²) in [4.78, 5) is 4.54. The number of nitriles is 2. The first-order valence-electron chi connectivity index (χ1n) is 6.56. The summed E-state index contributed by atoms with van der Waals surface area (Å²) < 4.78 is 0. The third kappa shape index (κ3) is 3.24. The van der Waals surface area contributed by atoms with E-state index in [1.807, 2.05) is 39.0 Å². The van der Waals surface area contributed by atoms with Crippen molar-refractivity contribution in [2.75, 3.05) is 0 Å². The van der Waals surface area contributed by atoms with Gasteiger partial charge in [-0.3, -0.25) is 0 Å². The smallest absolute Gasteiger partial charge is 0.115 e. The Hall–Kier alpha value is -2.30. The molecular formula is C17H15N3S. The highest BCUT2D eigenvalue weighted by Gasteiger charge is 2.12. The van der Waals surface area contributed by atoms with Crippen molar-refractivity contribution < 1.29 is 0 Å². The number of thioether (sulfide) groups is 1. The zero-order valence-electron chi connectivity index (χ0n) is 12.3. The van der Waals surface area contributed by atoms with Crippen LogP contribution in [-0.4, -0.2) is 4.98 Å². The van der Waals surface area contributed by atoms with Gasteiger partial charge in [-0.15, -0.1) is 11.8 Å². The number of aryl methyl sites for hydroxylation is 1. The molecule has 1 aromatic heterocycles. The Balaban J connectivity index is 2.28. The van der Waals surface area contributed by atoms with Crippen LogP contribution in [0, 0.1) is 43.4 Å². The molecule has 104 valence electrons. The molecule has 0 aliphatic rings. The maximum absolute atomic E-state index is 9.35. The normalized spacial score (nSPS) is 9.95. The van der Waals surface area contributed by atoms with Gasteiger partial charge in [0, 0.05) is 11.4 Å². The molecular weight excluding hydrogens is 278 g/mol. The molecule has 0 spiro atoms. The first-order chi connectivity index (χ1) is 10.1. The van der Waals surface area contributed by atoms with Gasteiger partial charge in [0.2, 0.25) is 0 Å². The molecule has 2 aromatic rings. The molecule has 0 aliphatic heterocycles. The van der Waals surface area contributed by atoms with Gasteiger partial charge in [-0.05, 0) is 49.6 Å². The summed E-state index contributed by atoms with van der Waals surface area (Å²) in [7, 11) is 0. The zero-order valence-corrected chi connectivity index (χ0v) is 13.1. The number of nitrogens with zero attached hydrogens (tertiary/aromatic N) is 3. The van der Waals surface area contributed by atoms with Crippen molar-refractivity contribution in [3.05, 3.63) is 57.8 Å². The average molecular weight is 293 g/mol. The number of rotatable bonds is 3. The fourth-order valence-electron chi connectivity index (χ4n) is 2.03. The molecule has 0 saturated heterocycles. The fourth-order valence-corrected chi connectivity index (χ4v) is 3.06. The first-order valence-corrected chi connectivity index (χ1v) is 7.55. The van der Waals surface area contributed by atoms with Crippen molar-refractivity contribution in [3.8, 4) is 12.1 Å². The third-order valence-electron chi connectivity index (χ3n) is 3.51. The molecule has 0 aliphatic carbocycles. The molecule has 3 nitrogen and oxygen atoms in total. The quantitative estimate of drug-likeness (QED) is 0.801. The number of pyridine rings is 1. The minimum atomic E-state index is 0.651. The van der Waals surface area contributed by atoms with E-state index >= 15 is 0 Å². The molecule has 0 N–H and O–H groups in total. The van der Waals surface area contributed by atoms with Crippen LogP contribution in [0.1, 0.15) is 33.5 Å². The predicted octanol–water partition coefficient (Wildman–Crippen LogP) is 4.04. The van der Waals surface area contributed by atoms with Crippen LogP contribution in [0.15, 0.2) is 29.3 Å². The van der Waals surface area contributed by atoms with Crippen molar-refractivity contribution in [1.82, 2.24) is 4.98 Å². The fraction of sp³-hybridized carbons (Fsp3) is 0.235. The van der Waals surface area contributed by atoms with Crippen molar-refractivity contribution in [3.63, 3.8) is 0 Å². The third-order valence-corrected chi connectivity index (χ3v) is 4.55. The lowest BCUT2D eigenvalue weighted by Crippen LogP contribution is -1.99. The second kappa shape index (κ2) is 6.43. The van der Waals surface area contributed by atoms with Crippen LogP contribution < -0.4 is 0 Å². The van der Waals surface area contributed by atoms with Crippen molar-refractivity contribution >= 4 is 11.8 Å². The number of hydrogen-bond acceptors (Lipinski definition) is 4. The Morgan fingerprint density at radius 3 is 2.52 bits per heavy atom. The van der Waals surface area contributed by atoms with Crippen LogP contribution in [0.2, 0.25) is 0 Å². The molecule has 0 saturated carbocycles. The SMILES string of the molecule is Cc1nc(SCc2cccc(C#N)c2)c(C#N)c(C)c1C. The highest BCUT2D eigenvalue weighted by atomic mass is 32.2. The van der Waals surface area contributed by atoms with E-state index in [4.69, 9.17) is 5.26 Å². The molecule has 0 bridgehead atoms. The number of aromatic nitrogens is 1. The second-order valence-electron chi connectivity index (χ2n) is 4.84. The van der Waals surface area contributed by atoms with Crippen molar-refractivity contribution in [1.29, 1.82) is 10.5 Å². The van der Waals surface area contributed by atoms with Crippen molar-refractivity contribution in [2.45, 2.75) is 31.6 Å². The summed E-state index contributed by atoms with van der Waals surface area (Å²) in [5.74, 6) is 0.694. The maximum atomic E-state index is 9.35. The maximum Gasteiger partial charge on any atom is 0.115 e. The van der Waals surface area contributed by atoms with E-state index in [1.54, 1.807) is 6.07 Å². The van der Waals surface area contributed by atoms with Crippen LogP contribution in [0.25, 0.3) is 0 Å². The minimum Gasteiger partial charge on any atom is -0.245 e. The molecule has 1 heterocycles. The van der Waals surface area contributed by atoms with Gasteiger partial charge < -0.3 is 0 Å². The van der Waals surface area contributed by atoms with E-state index in [1.165, 1.54) is 11.8 Å². The summed E-state index contributed by atoms with van der Waals surface area (Å²) in [6, 6.07) is 11.9. The largest absolute Gasteiger partial charge is 0.245 e. The van der Waals surface area contributed by atoms with Crippen LogP contribution in [0.4, 0.5) is 0 Å². The molecule has 1 aromatic carbocycles. The first kappa shape index (κ1) is 15.1. The van der Waals surface area contributed by atoms with E-state index in [-0.39, 0.29) is 0 Å². The lowest BCUT2D eigenvalue weighted by atomic mass is 10.1. The Labute approximate surface area is 129 Å². The molecule has 4 heteroatoms. The summed E-state index contributed by atoms with van der Waals surface area (Å²) in [6.07, 6.45) is 0. The molecule has 21 heavy (non-hydrogen) atoms. The molecule has 0 fully saturated rings. The number of benzene rings is 1. The summed E-state index contributed by atoms with van der Waals surface area (Å²) in [5.41, 5.74) is 5.39. The summed E-state index contributed by atoms with van der Waals surface area (Å²) in [6.45, 7) is 5.91. The van der Waals surface area contributed by atoms with Crippen molar-refractivity contribution in [2.24, 2.45) is 0 Å². The lowest BCUT2D eigenvalue weighted by Gasteiger charge is -2.11. The van der Waals surface area contributed by atoms with Gasteiger partial charge in [0.05, 0.1) is 17.2 Å². The molecule has 2 rings (SSSR count). The molecule has 0 unspecified atom stereocenters. The summed E-state index contributed by atoms with van der Waals surface area (Å²) >= 11 is 1.54. The Morgan fingerprint density at radius 2 is 1.86 bits per heavy atom. The zero-order chi connectivity index (χ0) is 15.4. The minimum absolute atomic E-state index is 0.651. The van der Waals surface area contributed by atoms with Crippen LogP contribution in [0.5, 0.6) is 0 Å². The highest BCUT2D eigenvalue weighted by Crippen LogP contribution is 2.28. The standard InChI is InChI=1S/C17H15N3S/c1-11-12(2)16(9-19)17(20-13(11)3)21-10-15-6-4-5-14(7-15)8-18/h4-7H,10H2,1-3H3. The Bertz CT molecular complexity index is 767. The van der Waals surface area contributed by atoms with Gasteiger partial charge in [-0.25, -0.2) is 4.98 Å². The van der Waals surface area contributed by atoms with E-state index in [0.29, 0.717) is 16.9 Å². The van der Waals surface area contributed by atoms with Gasteiger partial charge >= 0.3 is 0 Å². The Morgan fingerprint density at radius 1 is 1.10 bits per heavy atom. The molecule has 0 atom stereocenters. The molecule has 0 amide bonds. The second-order valence-corrected chi connectivity index (χ2v) is 5.80. The van der Waals surface area contributed by atoms with Gasteiger partial charge in [0.15, 0.2) is 0 Å². The van der Waals surface area contributed by atoms with Gasteiger partial charge in [0.1, 0.15) is 11.1 Å². The van der Waals surface area contributed by atoms with E-state index < -0.39 is 0 Å². The van der Waals surface area contributed by atoms with Crippen LogP contribution >= 0.6 is 11.8 Å². The lowest BCUT2D eigenvalue weighted by molar-refractivity contribution is 0.998. The number of hydrogen-bond donors (Lipinski definition) is 0. The van der Waals surface area contributed by atoms with Gasteiger partial charge in [0.25, 0.3) is 0 Å². The van der Waals surface area contributed by atoms with Crippen LogP contribution in [0.3, 0.4) is 0 Å². The Kier molecular flexibility index (Phi) is 4.62. The van der Waals surface area contributed by atoms with E-state index in [2.05, 4.69) is 17.1 Å². The predicted molar refractivity (Wildman–Crippen MR) is 83.9 cm³/mol. The summed E-state index contributed by atoms with van der Waals surface area (Å²) in [5, 5.41) is 19.0. The van der Waals surface area contributed by atoms with Gasteiger partial charge in [-0.1, -0.05) is 12.1 Å². The van der Waals surface area contributed by atoms with Crippen LogP contribution in [-0.2, 0) is 5.75 Å². The van der Waals surface area contributed by atoms with Gasteiger partial charge in [-0.2, -0.15) is 10.5 Å². The van der Waals surface area contributed by atoms with E-state index in [9.17, 15) is 5.26 Å². The average Bonchev–Trinajstić information content (AvgIpc) is 2.51. The topological polar surface area (TPSA) is 60.5 Å².